The van der Waals surface area contributed by atoms with Gasteiger partial charge >= 0.3 is 29.6 Å². The van der Waals surface area contributed by atoms with Crippen molar-refractivity contribution >= 4 is 11.8 Å². The Balaban J connectivity index is 0.00000264. The van der Waals surface area contributed by atoms with Crippen LogP contribution in [0.3, 0.4) is 0 Å². The van der Waals surface area contributed by atoms with Gasteiger partial charge in [0.25, 0.3) is 0 Å². The number of anilines is 1. The Hall–Kier alpha value is -0.890. The predicted octanol–water partition coefficient (Wildman–Crippen LogP) is -2.69. The van der Waals surface area contributed by atoms with Crippen LogP contribution in [-0.2, 0) is 9.53 Å². The van der Waals surface area contributed by atoms with E-state index in [9.17, 15) is 9.90 Å². The van der Waals surface area contributed by atoms with Crippen LogP contribution >= 0.6 is 0 Å². The van der Waals surface area contributed by atoms with Gasteiger partial charge in [0.1, 0.15) is 17.2 Å². The van der Waals surface area contributed by atoms with Crippen LogP contribution in [0.5, 0.6) is 5.88 Å². The molecular formula is C15H22N3NaO4. The van der Waals surface area contributed by atoms with Gasteiger partial charge in [0.05, 0.1) is 18.6 Å². The van der Waals surface area contributed by atoms with Crippen LogP contribution in [0.4, 0.5) is 5.82 Å². The first-order valence-corrected chi connectivity index (χ1v) is 7.35. The second-order valence-corrected chi connectivity index (χ2v) is 5.96. The van der Waals surface area contributed by atoms with E-state index in [4.69, 9.17) is 9.47 Å². The Morgan fingerprint density at radius 2 is 2.17 bits per heavy atom. The van der Waals surface area contributed by atoms with Crippen molar-refractivity contribution in [2.75, 3.05) is 25.2 Å². The minimum absolute atomic E-state index is 0. The topological polar surface area (TPSA) is 87.6 Å². The molecule has 1 aliphatic heterocycles. The summed E-state index contributed by atoms with van der Waals surface area (Å²) >= 11 is 0. The quantitative estimate of drug-likeness (QED) is 0.525. The minimum Gasteiger partial charge on any atom is -0.546 e. The number of carbonyl (C=O) groups is 1. The number of rotatable bonds is 6. The number of methoxy groups -OCH3 is 1. The maximum Gasteiger partial charge on any atom is 1.00 e. The second kappa shape index (κ2) is 8.28. The molecule has 8 heteroatoms. The van der Waals surface area contributed by atoms with Crippen LogP contribution in [0.25, 0.3) is 0 Å². The SMILES string of the molecule is COC[C@@H]1CCCN1c1cc(OC(C)(C)C(=O)[O-])nc(C)n1.[Na+]. The van der Waals surface area contributed by atoms with Crippen molar-refractivity contribution < 1.29 is 48.9 Å². The van der Waals surface area contributed by atoms with Crippen molar-refractivity contribution in [3.8, 4) is 5.88 Å². The smallest absolute Gasteiger partial charge is 0.546 e. The maximum atomic E-state index is 11.1. The second-order valence-electron chi connectivity index (χ2n) is 5.96. The van der Waals surface area contributed by atoms with E-state index in [2.05, 4.69) is 14.9 Å². The van der Waals surface area contributed by atoms with E-state index in [1.165, 1.54) is 13.8 Å². The fourth-order valence-electron chi connectivity index (χ4n) is 2.53. The van der Waals surface area contributed by atoms with Gasteiger partial charge in [0, 0.05) is 19.7 Å². The molecule has 0 aromatic carbocycles. The first-order valence-electron chi connectivity index (χ1n) is 7.35. The summed E-state index contributed by atoms with van der Waals surface area (Å²) < 4.78 is 10.7. The van der Waals surface area contributed by atoms with E-state index in [-0.39, 0.29) is 41.5 Å². The average molecular weight is 331 g/mol. The summed E-state index contributed by atoms with van der Waals surface area (Å²) in [5, 5.41) is 11.1. The zero-order chi connectivity index (χ0) is 16.3. The molecule has 2 rings (SSSR count). The number of ether oxygens (including phenoxy) is 2. The van der Waals surface area contributed by atoms with Crippen LogP contribution in [0, 0.1) is 6.92 Å². The molecule has 0 amide bonds. The number of carboxylic acids is 1. The Labute approximate surface area is 158 Å². The molecule has 0 N–H and O–H groups in total. The Kier molecular flexibility index (Phi) is 7.26. The molecule has 0 unspecified atom stereocenters. The molecule has 1 fully saturated rings. The summed E-state index contributed by atoms with van der Waals surface area (Å²) in [6.45, 7) is 6.13. The number of carboxylic acid groups (broad SMARTS) is 1. The van der Waals surface area contributed by atoms with E-state index < -0.39 is 11.6 Å². The van der Waals surface area contributed by atoms with Crippen molar-refractivity contribution in [1.82, 2.24) is 9.97 Å². The van der Waals surface area contributed by atoms with Gasteiger partial charge in [-0.05, 0) is 33.6 Å². The third-order valence-corrected chi connectivity index (χ3v) is 3.68. The number of nitrogens with zero attached hydrogens (tertiary/aromatic N) is 3. The van der Waals surface area contributed by atoms with Gasteiger partial charge in [-0.25, -0.2) is 4.98 Å². The van der Waals surface area contributed by atoms with Crippen LogP contribution in [0.1, 0.15) is 32.5 Å². The normalized spacial score (nSPS) is 17.7. The molecular weight excluding hydrogens is 309 g/mol. The summed E-state index contributed by atoms with van der Waals surface area (Å²) in [5.74, 6) is 0.212. The zero-order valence-electron chi connectivity index (χ0n) is 14.5. The molecule has 0 saturated carbocycles. The molecule has 0 bridgehead atoms. The van der Waals surface area contributed by atoms with Gasteiger partial charge in [-0.2, -0.15) is 4.98 Å². The van der Waals surface area contributed by atoms with Crippen molar-refractivity contribution in [2.24, 2.45) is 0 Å². The van der Waals surface area contributed by atoms with Crippen LogP contribution in [-0.4, -0.2) is 47.8 Å². The van der Waals surface area contributed by atoms with Gasteiger partial charge < -0.3 is 24.3 Å². The molecule has 122 valence electrons. The fraction of sp³-hybridized carbons (Fsp3) is 0.667. The molecule has 0 radical (unpaired) electrons. The van der Waals surface area contributed by atoms with Gasteiger partial charge in [-0.15, -0.1) is 0 Å². The molecule has 7 nitrogen and oxygen atoms in total. The molecule has 1 atom stereocenters. The van der Waals surface area contributed by atoms with Gasteiger partial charge in [-0.3, -0.25) is 0 Å². The predicted molar refractivity (Wildman–Crippen MR) is 78.7 cm³/mol. The molecule has 2 heterocycles. The van der Waals surface area contributed by atoms with E-state index >= 15 is 0 Å². The summed E-state index contributed by atoms with van der Waals surface area (Å²) in [6.07, 6.45) is 2.11. The van der Waals surface area contributed by atoms with Gasteiger partial charge in [0.15, 0.2) is 0 Å². The van der Waals surface area contributed by atoms with E-state index in [1.54, 1.807) is 20.1 Å². The number of hydrogen-bond donors (Lipinski definition) is 0. The monoisotopic (exact) mass is 331 g/mol. The van der Waals surface area contributed by atoms with Crippen molar-refractivity contribution in [3.63, 3.8) is 0 Å². The summed E-state index contributed by atoms with van der Waals surface area (Å²) in [4.78, 5) is 21.8. The number of hydrogen-bond acceptors (Lipinski definition) is 7. The summed E-state index contributed by atoms with van der Waals surface area (Å²) in [5.41, 5.74) is -1.45. The number of aliphatic carboxylic acids is 1. The molecule has 0 spiro atoms. The first kappa shape index (κ1) is 20.2. The van der Waals surface area contributed by atoms with E-state index in [0.29, 0.717) is 12.4 Å². The Bertz CT molecular complexity index is 554. The van der Waals surface area contributed by atoms with Crippen LogP contribution in [0.15, 0.2) is 6.07 Å². The van der Waals surface area contributed by atoms with Gasteiger partial charge in [-0.1, -0.05) is 0 Å². The molecule has 0 aliphatic carbocycles. The maximum absolute atomic E-state index is 11.1. The molecule has 1 saturated heterocycles. The van der Waals surface area contributed by atoms with Crippen LogP contribution in [0.2, 0.25) is 0 Å². The van der Waals surface area contributed by atoms with Crippen molar-refractivity contribution in [2.45, 2.75) is 45.3 Å². The summed E-state index contributed by atoms with van der Waals surface area (Å²) in [6, 6.07) is 1.94. The standard InChI is InChI=1S/C15H23N3O4.Na/c1-10-16-12(18-7-5-6-11(18)9-21-4)8-13(17-10)22-15(2,3)14(19)20;/h8,11H,5-7,9H2,1-4H3,(H,19,20);/q;+1/p-1/t11-;/m0./s1. The number of carbonyl (C=O) groups excluding carboxylic acids is 1. The molecule has 23 heavy (non-hydrogen) atoms. The zero-order valence-corrected chi connectivity index (χ0v) is 16.5. The van der Waals surface area contributed by atoms with Crippen molar-refractivity contribution in [3.05, 3.63) is 11.9 Å². The molecule has 1 aromatic heterocycles. The number of aryl methyl sites for hydroxylation is 1. The van der Waals surface area contributed by atoms with E-state index in [1.807, 2.05) is 0 Å². The average Bonchev–Trinajstić information content (AvgIpc) is 2.86. The Morgan fingerprint density at radius 1 is 1.48 bits per heavy atom. The van der Waals surface area contributed by atoms with Gasteiger partial charge in [0.2, 0.25) is 5.88 Å². The fourth-order valence-corrected chi connectivity index (χ4v) is 2.53. The first-order chi connectivity index (χ1) is 10.3. The Morgan fingerprint density at radius 3 is 2.78 bits per heavy atom. The largest absolute Gasteiger partial charge is 1.00 e. The van der Waals surface area contributed by atoms with Crippen molar-refractivity contribution in [1.29, 1.82) is 0 Å². The third-order valence-electron chi connectivity index (χ3n) is 3.68. The minimum atomic E-state index is -1.45. The summed E-state index contributed by atoms with van der Waals surface area (Å²) in [7, 11) is 1.68. The van der Waals surface area contributed by atoms with Crippen LogP contribution < -0.4 is 44.3 Å². The molecule has 1 aromatic rings. The third kappa shape index (κ3) is 5.04. The van der Waals surface area contributed by atoms with E-state index in [0.717, 1.165) is 25.2 Å². The molecule has 1 aliphatic rings. The number of aromatic nitrogens is 2.